The van der Waals surface area contributed by atoms with Gasteiger partial charge in [0.25, 0.3) is 0 Å². The second kappa shape index (κ2) is 7.72. The lowest BCUT2D eigenvalue weighted by Gasteiger charge is -2.45. The molecule has 2 saturated heterocycles. The van der Waals surface area contributed by atoms with Gasteiger partial charge in [-0.3, -0.25) is 0 Å². The van der Waals surface area contributed by atoms with Gasteiger partial charge in [-0.05, 0) is 25.8 Å². The largest absolute Gasteiger partial charge is 0.461 e. The predicted molar refractivity (Wildman–Crippen MR) is 93.9 cm³/mol. The molecule has 0 aliphatic carbocycles. The lowest BCUT2D eigenvalue weighted by molar-refractivity contribution is -0.182. The quantitative estimate of drug-likeness (QED) is 0.335. The van der Waals surface area contributed by atoms with Gasteiger partial charge < -0.3 is 19.1 Å². The Morgan fingerprint density at radius 2 is 1.89 bits per heavy atom. The molecule has 9 heteroatoms. The number of halogens is 1. The Balaban J connectivity index is 1.93. The van der Waals surface area contributed by atoms with Gasteiger partial charge in [0.15, 0.2) is 0 Å². The summed E-state index contributed by atoms with van der Waals surface area (Å²) < 4.78 is 15.3. The van der Waals surface area contributed by atoms with Gasteiger partial charge in [-0.25, -0.2) is 19.4 Å². The number of esters is 2. The molecule has 0 aromatic carbocycles. The van der Waals surface area contributed by atoms with Crippen LogP contribution in [-0.4, -0.2) is 53.7 Å². The lowest BCUT2D eigenvalue weighted by Crippen LogP contribution is -2.54. The first kappa shape index (κ1) is 19.4. The number of pyridine rings is 1. The van der Waals surface area contributed by atoms with E-state index in [-0.39, 0.29) is 18.2 Å². The summed E-state index contributed by atoms with van der Waals surface area (Å²) in [5.74, 6) is -2.15. The fourth-order valence-corrected chi connectivity index (χ4v) is 4.14. The number of hydrogen-bond donors (Lipinski definition) is 0. The molecule has 3 rings (SSSR count). The van der Waals surface area contributed by atoms with E-state index in [0.717, 1.165) is 20.0 Å². The zero-order valence-electron chi connectivity index (χ0n) is 15.1. The van der Waals surface area contributed by atoms with Crippen LogP contribution in [0.15, 0.2) is 18.3 Å². The van der Waals surface area contributed by atoms with Crippen molar-refractivity contribution in [3.05, 3.63) is 29.0 Å². The van der Waals surface area contributed by atoms with Gasteiger partial charge in [-0.1, -0.05) is 17.7 Å². The fraction of sp³-hybridized carbons (Fsp3) is 0.556. The molecule has 27 heavy (non-hydrogen) atoms. The molecule has 1 unspecified atom stereocenters. The molecular weight excluding hydrogens is 376 g/mol. The van der Waals surface area contributed by atoms with Gasteiger partial charge in [0.05, 0.1) is 13.7 Å². The highest BCUT2D eigenvalue weighted by atomic mass is 35.5. The highest BCUT2D eigenvalue weighted by Crippen LogP contribution is 2.48. The topological polar surface area (TPSA) is 95.0 Å². The van der Waals surface area contributed by atoms with E-state index in [0.29, 0.717) is 30.2 Å². The highest BCUT2D eigenvalue weighted by molar-refractivity contribution is 6.30. The number of carbonyl (C=O) groups excluding carboxylic acids is 3. The average molecular weight is 397 g/mol. The molecule has 146 valence electrons. The van der Waals surface area contributed by atoms with E-state index < -0.39 is 17.5 Å². The maximum Gasteiger partial charge on any atom is 0.418 e. The molecule has 0 N–H and O–H groups in total. The van der Waals surface area contributed by atoms with Crippen LogP contribution < -0.4 is 0 Å². The first-order valence-electron chi connectivity index (χ1n) is 8.78. The van der Waals surface area contributed by atoms with Crippen LogP contribution in [0.3, 0.4) is 0 Å². The highest BCUT2D eigenvalue weighted by Gasteiger charge is 2.54. The number of fused-ring (bicyclic) bond motifs is 2. The smallest absolute Gasteiger partial charge is 0.418 e. The maximum absolute atomic E-state index is 12.3. The minimum Gasteiger partial charge on any atom is -0.461 e. The molecule has 1 amide bonds. The Morgan fingerprint density at radius 3 is 2.41 bits per heavy atom. The number of nitrogens with zero attached hydrogens (tertiary/aromatic N) is 2. The van der Waals surface area contributed by atoms with Gasteiger partial charge in [-0.15, -0.1) is 0 Å². The van der Waals surface area contributed by atoms with Crippen molar-refractivity contribution in [2.45, 2.75) is 50.3 Å². The number of rotatable bonds is 3. The van der Waals surface area contributed by atoms with Crippen molar-refractivity contribution in [3.63, 3.8) is 0 Å². The number of ether oxygens (including phenoxy) is 3. The van der Waals surface area contributed by atoms with Crippen molar-refractivity contribution in [1.82, 2.24) is 9.88 Å². The molecule has 0 radical (unpaired) electrons. The first-order chi connectivity index (χ1) is 12.9. The Kier molecular flexibility index (Phi) is 5.55. The molecule has 3 heterocycles. The summed E-state index contributed by atoms with van der Waals surface area (Å²) in [4.78, 5) is 41.9. The van der Waals surface area contributed by atoms with Crippen LogP contribution in [0.25, 0.3) is 0 Å². The van der Waals surface area contributed by atoms with E-state index in [1.165, 1.54) is 6.20 Å². The predicted octanol–water partition coefficient (Wildman–Crippen LogP) is 2.43. The summed E-state index contributed by atoms with van der Waals surface area (Å²) in [7, 11) is 1.12. The molecule has 1 aromatic rings. The van der Waals surface area contributed by atoms with Gasteiger partial charge >= 0.3 is 18.0 Å². The van der Waals surface area contributed by atoms with Crippen LogP contribution in [0, 0.1) is 0 Å². The fourth-order valence-electron chi connectivity index (χ4n) is 4.03. The third-order valence-corrected chi connectivity index (χ3v) is 5.35. The number of aromatic nitrogens is 1. The van der Waals surface area contributed by atoms with Crippen molar-refractivity contribution in [3.8, 4) is 0 Å². The normalized spacial score (nSPS) is 26.4. The number of carbonyl (C=O) groups is 3. The van der Waals surface area contributed by atoms with E-state index in [1.54, 1.807) is 24.0 Å². The van der Waals surface area contributed by atoms with Crippen LogP contribution in [0.2, 0.25) is 5.15 Å². The standard InChI is InChI=1S/C18H21ClN2O6/c1-3-26-17(24)21-12-5-6-13(21)9-18(8-12,27-16(23)15(22)25-2)11-4-7-14(19)20-10-11/h4,7,10,12-13H,3,5-6,8-9H2,1-2H3/t12-,13+,18?. The summed E-state index contributed by atoms with van der Waals surface area (Å²) in [5, 5.41) is 0.306. The van der Waals surface area contributed by atoms with Crippen molar-refractivity contribution >= 4 is 29.6 Å². The van der Waals surface area contributed by atoms with Crippen LogP contribution in [0.5, 0.6) is 0 Å². The van der Waals surface area contributed by atoms with Crippen molar-refractivity contribution in [2.75, 3.05) is 13.7 Å². The molecular formula is C18H21ClN2O6. The Bertz CT molecular complexity index is 724. The third-order valence-electron chi connectivity index (χ3n) is 5.12. The summed E-state index contributed by atoms with van der Waals surface area (Å²) in [6.07, 6.45) is 3.38. The molecule has 8 nitrogen and oxygen atoms in total. The SMILES string of the molecule is CCOC(=O)N1[C@@H]2CC[C@H]1CC(OC(=O)C(=O)OC)(c1ccc(Cl)nc1)C2. The first-order valence-corrected chi connectivity index (χ1v) is 9.16. The number of piperidine rings is 1. The Morgan fingerprint density at radius 1 is 1.22 bits per heavy atom. The molecule has 2 aliphatic heterocycles. The molecule has 2 bridgehead atoms. The summed E-state index contributed by atoms with van der Waals surface area (Å²) in [6, 6.07) is 3.00. The number of hydrogen-bond acceptors (Lipinski definition) is 7. The average Bonchev–Trinajstić information content (AvgIpc) is 2.93. The monoisotopic (exact) mass is 396 g/mol. The molecule has 0 spiro atoms. The van der Waals surface area contributed by atoms with Crippen molar-refractivity contribution < 1.29 is 28.6 Å². The van der Waals surface area contributed by atoms with Gasteiger partial charge in [-0.2, -0.15) is 0 Å². The minimum atomic E-state index is -1.09. The Hall–Kier alpha value is -2.35. The molecule has 3 atom stereocenters. The zero-order valence-corrected chi connectivity index (χ0v) is 15.9. The summed E-state index contributed by atoms with van der Waals surface area (Å²) in [6.45, 7) is 2.05. The lowest BCUT2D eigenvalue weighted by atomic mass is 9.81. The van der Waals surface area contributed by atoms with Crippen LogP contribution >= 0.6 is 11.6 Å². The van der Waals surface area contributed by atoms with Crippen molar-refractivity contribution in [1.29, 1.82) is 0 Å². The second-order valence-electron chi connectivity index (χ2n) is 6.64. The summed E-state index contributed by atoms with van der Waals surface area (Å²) in [5.41, 5.74) is -0.456. The molecule has 2 fully saturated rings. The van der Waals surface area contributed by atoms with Gasteiger partial charge in [0, 0.05) is 36.7 Å². The maximum atomic E-state index is 12.3. The van der Waals surface area contributed by atoms with E-state index in [2.05, 4.69) is 9.72 Å². The van der Waals surface area contributed by atoms with Crippen LogP contribution in [0.4, 0.5) is 4.79 Å². The molecule has 2 aliphatic rings. The van der Waals surface area contributed by atoms with E-state index in [1.807, 2.05) is 0 Å². The van der Waals surface area contributed by atoms with E-state index in [9.17, 15) is 14.4 Å². The third kappa shape index (κ3) is 3.71. The van der Waals surface area contributed by atoms with Crippen LogP contribution in [0.1, 0.15) is 38.2 Å². The molecule has 0 saturated carbocycles. The minimum absolute atomic E-state index is 0.163. The van der Waals surface area contributed by atoms with Crippen LogP contribution in [-0.2, 0) is 29.4 Å². The van der Waals surface area contributed by atoms with Gasteiger partial charge in [0.1, 0.15) is 10.8 Å². The van der Waals surface area contributed by atoms with E-state index >= 15 is 0 Å². The summed E-state index contributed by atoms with van der Waals surface area (Å²) >= 11 is 5.88. The van der Waals surface area contributed by atoms with Crippen molar-refractivity contribution in [2.24, 2.45) is 0 Å². The van der Waals surface area contributed by atoms with E-state index in [4.69, 9.17) is 21.1 Å². The number of methoxy groups -OCH3 is 1. The zero-order chi connectivity index (χ0) is 19.6. The number of amides is 1. The molecule has 1 aromatic heterocycles. The second-order valence-corrected chi connectivity index (χ2v) is 7.03. The van der Waals surface area contributed by atoms with Gasteiger partial charge in [0.2, 0.25) is 0 Å². The Labute approximate surface area is 161 Å².